The summed E-state index contributed by atoms with van der Waals surface area (Å²) in [6.07, 6.45) is 3.57. The molecule has 1 aliphatic rings. The summed E-state index contributed by atoms with van der Waals surface area (Å²) in [7, 11) is 3.59. The van der Waals surface area contributed by atoms with Gasteiger partial charge < -0.3 is 15.0 Å². The number of hydrogen-bond acceptors (Lipinski definition) is 2. The molecule has 1 atom stereocenters. The average molecular weight is 317 g/mol. The largest absolute Gasteiger partial charge is 0.497 e. The molecule has 2 rings (SSSR count). The van der Waals surface area contributed by atoms with Crippen molar-refractivity contribution >= 4 is 5.96 Å². The van der Waals surface area contributed by atoms with Crippen LogP contribution in [0.15, 0.2) is 29.3 Å². The van der Waals surface area contributed by atoms with E-state index in [1.54, 1.807) is 7.11 Å². The van der Waals surface area contributed by atoms with Gasteiger partial charge in [0.05, 0.1) is 7.11 Å². The van der Waals surface area contributed by atoms with Gasteiger partial charge in [-0.25, -0.2) is 0 Å². The molecule has 0 aliphatic carbocycles. The molecule has 1 heterocycles. The van der Waals surface area contributed by atoms with Crippen LogP contribution in [0.5, 0.6) is 5.75 Å². The van der Waals surface area contributed by atoms with Crippen LogP contribution in [0.2, 0.25) is 0 Å². The maximum absolute atomic E-state index is 5.28. The highest BCUT2D eigenvalue weighted by molar-refractivity contribution is 5.80. The first-order chi connectivity index (χ1) is 11.1. The fourth-order valence-corrected chi connectivity index (χ4v) is 3.36. The third kappa shape index (κ3) is 5.45. The predicted molar refractivity (Wildman–Crippen MR) is 97.2 cm³/mol. The Labute approximate surface area is 140 Å². The number of aliphatic imine (C=N–C) groups is 1. The first-order valence-electron chi connectivity index (χ1n) is 8.71. The zero-order valence-electron chi connectivity index (χ0n) is 15.0. The van der Waals surface area contributed by atoms with E-state index in [1.807, 2.05) is 19.2 Å². The molecule has 0 saturated carbocycles. The van der Waals surface area contributed by atoms with Crippen LogP contribution in [0.1, 0.15) is 32.3 Å². The van der Waals surface area contributed by atoms with Crippen LogP contribution in [0.3, 0.4) is 0 Å². The maximum Gasteiger partial charge on any atom is 0.193 e. The summed E-state index contributed by atoms with van der Waals surface area (Å²) in [4.78, 5) is 6.86. The molecule has 0 amide bonds. The Morgan fingerprint density at radius 1 is 1.43 bits per heavy atom. The van der Waals surface area contributed by atoms with E-state index in [-0.39, 0.29) is 0 Å². The van der Waals surface area contributed by atoms with Gasteiger partial charge in [-0.1, -0.05) is 26.0 Å². The number of benzene rings is 1. The summed E-state index contributed by atoms with van der Waals surface area (Å²) in [5, 5.41) is 3.51. The van der Waals surface area contributed by atoms with E-state index in [1.165, 1.54) is 18.4 Å². The smallest absolute Gasteiger partial charge is 0.193 e. The van der Waals surface area contributed by atoms with E-state index >= 15 is 0 Å². The molecule has 4 heteroatoms. The van der Waals surface area contributed by atoms with Gasteiger partial charge in [-0.15, -0.1) is 0 Å². The third-order valence-corrected chi connectivity index (χ3v) is 4.43. The molecule has 1 unspecified atom stereocenters. The van der Waals surface area contributed by atoms with Gasteiger partial charge in [0, 0.05) is 26.7 Å². The lowest BCUT2D eigenvalue weighted by Crippen LogP contribution is -2.40. The Kier molecular flexibility index (Phi) is 6.75. The molecule has 1 N–H and O–H groups in total. The molecule has 1 saturated heterocycles. The number of rotatable bonds is 6. The summed E-state index contributed by atoms with van der Waals surface area (Å²) >= 11 is 0. The highest BCUT2D eigenvalue weighted by atomic mass is 16.5. The Hall–Kier alpha value is -1.71. The van der Waals surface area contributed by atoms with Crippen molar-refractivity contribution in [2.75, 3.05) is 33.8 Å². The molecule has 0 bridgehead atoms. The van der Waals surface area contributed by atoms with Gasteiger partial charge in [0.15, 0.2) is 5.96 Å². The summed E-state index contributed by atoms with van der Waals surface area (Å²) in [6.45, 7) is 7.77. The van der Waals surface area contributed by atoms with Crippen molar-refractivity contribution in [1.29, 1.82) is 0 Å². The molecule has 23 heavy (non-hydrogen) atoms. The Morgan fingerprint density at radius 2 is 2.26 bits per heavy atom. The van der Waals surface area contributed by atoms with E-state index in [0.717, 1.165) is 49.6 Å². The monoisotopic (exact) mass is 317 g/mol. The fraction of sp³-hybridized carbons (Fsp3) is 0.632. The first kappa shape index (κ1) is 17.6. The van der Waals surface area contributed by atoms with Crippen molar-refractivity contribution in [3.63, 3.8) is 0 Å². The van der Waals surface area contributed by atoms with E-state index < -0.39 is 0 Å². The summed E-state index contributed by atoms with van der Waals surface area (Å²) in [6, 6.07) is 8.26. The summed E-state index contributed by atoms with van der Waals surface area (Å²) in [5.74, 6) is 3.55. The summed E-state index contributed by atoms with van der Waals surface area (Å²) < 4.78 is 5.28. The number of methoxy groups -OCH3 is 1. The van der Waals surface area contributed by atoms with Gasteiger partial charge >= 0.3 is 0 Å². The van der Waals surface area contributed by atoms with Gasteiger partial charge in [-0.05, 0) is 48.8 Å². The molecule has 1 aromatic rings. The van der Waals surface area contributed by atoms with E-state index in [4.69, 9.17) is 4.74 Å². The standard InChI is InChI=1S/C19H31N3O/c1-15(2)12-17-9-11-22(14-17)19(20-3)21-10-8-16-6-5-7-18(13-16)23-4/h5-7,13,15,17H,8-12,14H2,1-4H3,(H,20,21). The molecule has 4 nitrogen and oxygen atoms in total. The molecular formula is C19H31N3O. The van der Waals surface area contributed by atoms with Crippen LogP contribution in [0.4, 0.5) is 0 Å². The van der Waals surface area contributed by atoms with Crippen LogP contribution in [0, 0.1) is 11.8 Å². The highest BCUT2D eigenvalue weighted by Crippen LogP contribution is 2.23. The van der Waals surface area contributed by atoms with Crippen molar-refractivity contribution in [3.05, 3.63) is 29.8 Å². The van der Waals surface area contributed by atoms with Crippen LogP contribution < -0.4 is 10.1 Å². The van der Waals surface area contributed by atoms with E-state index in [9.17, 15) is 0 Å². The lowest BCUT2D eigenvalue weighted by Gasteiger charge is -2.22. The van der Waals surface area contributed by atoms with E-state index in [2.05, 4.69) is 41.2 Å². The quantitative estimate of drug-likeness (QED) is 0.647. The van der Waals surface area contributed by atoms with Crippen molar-refractivity contribution < 1.29 is 4.74 Å². The normalized spacial score (nSPS) is 18.6. The molecule has 0 aromatic heterocycles. The minimum Gasteiger partial charge on any atom is -0.497 e. The Balaban J connectivity index is 1.79. The van der Waals surface area contributed by atoms with Crippen molar-refractivity contribution in [3.8, 4) is 5.75 Å². The predicted octanol–water partition coefficient (Wildman–Crippen LogP) is 3.18. The maximum atomic E-state index is 5.28. The lowest BCUT2D eigenvalue weighted by molar-refractivity contribution is 0.403. The Bertz CT molecular complexity index is 513. The van der Waals surface area contributed by atoms with Crippen LogP contribution in [0.25, 0.3) is 0 Å². The number of guanidine groups is 1. The van der Waals surface area contributed by atoms with Crippen LogP contribution >= 0.6 is 0 Å². The second-order valence-corrected chi connectivity index (χ2v) is 6.81. The van der Waals surface area contributed by atoms with Gasteiger partial charge in [0.1, 0.15) is 5.75 Å². The Morgan fingerprint density at radius 3 is 2.96 bits per heavy atom. The van der Waals surface area contributed by atoms with Crippen molar-refractivity contribution in [1.82, 2.24) is 10.2 Å². The molecule has 0 radical (unpaired) electrons. The SMILES string of the molecule is CN=C(NCCc1cccc(OC)c1)N1CCC(CC(C)C)C1. The number of ether oxygens (including phenoxy) is 1. The first-order valence-corrected chi connectivity index (χ1v) is 8.71. The van der Waals surface area contributed by atoms with Crippen molar-refractivity contribution in [2.45, 2.75) is 33.1 Å². The van der Waals surface area contributed by atoms with E-state index in [0.29, 0.717) is 0 Å². The summed E-state index contributed by atoms with van der Waals surface area (Å²) in [5.41, 5.74) is 1.28. The topological polar surface area (TPSA) is 36.9 Å². The van der Waals surface area contributed by atoms with Gasteiger partial charge in [0.25, 0.3) is 0 Å². The molecule has 128 valence electrons. The third-order valence-electron chi connectivity index (χ3n) is 4.43. The van der Waals surface area contributed by atoms with Gasteiger partial charge in [0.2, 0.25) is 0 Å². The zero-order valence-corrected chi connectivity index (χ0v) is 15.0. The minimum absolute atomic E-state index is 0.781. The minimum atomic E-state index is 0.781. The van der Waals surface area contributed by atoms with Gasteiger partial charge in [-0.3, -0.25) is 4.99 Å². The van der Waals surface area contributed by atoms with Crippen LogP contribution in [-0.2, 0) is 6.42 Å². The lowest BCUT2D eigenvalue weighted by atomic mass is 9.97. The number of hydrogen-bond donors (Lipinski definition) is 1. The number of nitrogens with one attached hydrogen (secondary N) is 1. The molecule has 1 fully saturated rings. The average Bonchev–Trinajstić information content (AvgIpc) is 2.99. The second-order valence-electron chi connectivity index (χ2n) is 6.81. The molecule has 0 spiro atoms. The highest BCUT2D eigenvalue weighted by Gasteiger charge is 2.25. The molecular weight excluding hydrogens is 286 g/mol. The zero-order chi connectivity index (χ0) is 16.7. The molecule has 1 aliphatic heterocycles. The molecule has 1 aromatic carbocycles. The van der Waals surface area contributed by atoms with Gasteiger partial charge in [-0.2, -0.15) is 0 Å². The fourth-order valence-electron chi connectivity index (χ4n) is 3.36. The number of nitrogens with zero attached hydrogens (tertiary/aromatic N) is 2. The van der Waals surface area contributed by atoms with Crippen molar-refractivity contribution in [2.24, 2.45) is 16.8 Å². The second kappa shape index (κ2) is 8.80. The van der Waals surface area contributed by atoms with Crippen LogP contribution in [-0.4, -0.2) is 44.7 Å². The number of likely N-dealkylation sites (tertiary alicyclic amines) is 1.